The lowest BCUT2D eigenvalue weighted by Crippen LogP contribution is -1.91. The van der Waals surface area contributed by atoms with Gasteiger partial charge < -0.3 is 0 Å². The highest BCUT2D eigenvalue weighted by molar-refractivity contribution is 6.22. The van der Waals surface area contributed by atoms with E-state index >= 15 is 0 Å². The van der Waals surface area contributed by atoms with Crippen molar-refractivity contribution in [1.29, 1.82) is 0 Å². The second-order valence-electron chi connectivity index (χ2n) is 10.5. The van der Waals surface area contributed by atoms with Gasteiger partial charge >= 0.3 is 0 Å². The minimum atomic E-state index is 1.00. The van der Waals surface area contributed by atoms with Crippen LogP contribution < -0.4 is 0 Å². The first kappa shape index (κ1) is 24.2. The minimum absolute atomic E-state index is 1.00. The Hall–Kier alpha value is -5.67. The maximum absolute atomic E-state index is 5.18. The van der Waals surface area contributed by atoms with E-state index in [-0.39, 0.29) is 0 Å². The van der Waals surface area contributed by atoms with Crippen LogP contribution in [0.3, 0.4) is 0 Å². The zero-order chi connectivity index (χ0) is 27.9. The molecule has 0 radical (unpaired) electrons. The molecule has 0 bridgehead atoms. The molecular formula is C39H25N3. The van der Waals surface area contributed by atoms with Gasteiger partial charge in [0.2, 0.25) is 0 Å². The van der Waals surface area contributed by atoms with E-state index in [0.717, 1.165) is 55.5 Å². The molecule has 0 saturated heterocycles. The summed E-state index contributed by atoms with van der Waals surface area (Å²) in [7, 11) is 0. The molecule has 0 saturated carbocycles. The van der Waals surface area contributed by atoms with Crippen LogP contribution >= 0.6 is 0 Å². The van der Waals surface area contributed by atoms with E-state index in [1.807, 2.05) is 24.5 Å². The van der Waals surface area contributed by atoms with Crippen molar-refractivity contribution in [3.05, 3.63) is 152 Å². The number of fused-ring (bicyclic) bond motifs is 5. The van der Waals surface area contributed by atoms with Gasteiger partial charge in [0.25, 0.3) is 0 Å². The van der Waals surface area contributed by atoms with Crippen molar-refractivity contribution in [2.24, 2.45) is 0 Å². The molecule has 8 rings (SSSR count). The summed E-state index contributed by atoms with van der Waals surface area (Å²) in [5, 5.41) is 6.09. The van der Waals surface area contributed by atoms with Crippen molar-refractivity contribution in [1.82, 2.24) is 15.0 Å². The van der Waals surface area contributed by atoms with Crippen LogP contribution in [0.15, 0.2) is 152 Å². The molecule has 42 heavy (non-hydrogen) atoms. The highest BCUT2D eigenvalue weighted by Gasteiger charge is 2.14. The fourth-order valence-electron chi connectivity index (χ4n) is 5.96. The van der Waals surface area contributed by atoms with Gasteiger partial charge in [0.1, 0.15) is 0 Å². The van der Waals surface area contributed by atoms with Gasteiger partial charge in [0, 0.05) is 57.6 Å². The summed E-state index contributed by atoms with van der Waals surface area (Å²) in [5.74, 6) is 0. The van der Waals surface area contributed by atoms with Gasteiger partial charge in [0.15, 0.2) is 0 Å². The zero-order valence-corrected chi connectivity index (χ0v) is 22.8. The molecule has 3 heterocycles. The first-order chi connectivity index (χ1) is 20.8. The van der Waals surface area contributed by atoms with Gasteiger partial charge in [-0.25, -0.2) is 4.98 Å². The predicted octanol–water partition coefficient (Wildman–Crippen LogP) is 10.00. The number of hydrogen-bond donors (Lipinski definition) is 0. The van der Waals surface area contributed by atoms with Gasteiger partial charge in [-0.3, -0.25) is 9.97 Å². The van der Waals surface area contributed by atoms with Crippen LogP contribution in [0.5, 0.6) is 0 Å². The van der Waals surface area contributed by atoms with E-state index < -0.39 is 0 Å². The average molecular weight is 536 g/mol. The number of aromatic nitrogens is 3. The lowest BCUT2D eigenvalue weighted by atomic mass is 9.92. The summed E-state index contributed by atoms with van der Waals surface area (Å²) < 4.78 is 0. The fourth-order valence-corrected chi connectivity index (χ4v) is 5.96. The molecule has 5 aromatic carbocycles. The Labute approximate surface area is 243 Å². The van der Waals surface area contributed by atoms with Gasteiger partial charge in [-0.15, -0.1) is 0 Å². The number of pyridine rings is 3. The van der Waals surface area contributed by atoms with E-state index in [9.17, 15) is 0 Å². The topological polar surface area (TPSA) is 38.7 Å². The van der Waals surface area contributed by atoms with Crippen LogP contribution in [0.1, 0.15) is 0 Å². The molecule has 3 heteroatoms. The number of benzene rings is 5. The average Bonchev–Trinajstić information content (AvgIpc) is 3.08. The van der Waals surface area contributed by atoms with Crippen molar-refractivity contribution in [3.8, 4) is 44.6 Å². The SMILES string of the molecule is c1cncc(-c2cc(-c3ccc(-c4nc5ccccc5c5c4ccc4ccccc45)cc3)cc(-c3cccnc3)c2)c1. The molecule has 0 amide bonds. The molecule has 3 nitrogen and oxygen atoms in total. The first-order valence-corrected chi connectivity index (χ1v) is 14.1. The number of para-hydroxylation sites is 1. The Kier molecular flexibility index (Phi) is 5.79. The molecule has 0 aliphatic rings. The summed E-state index contributed by atoms with van der Waals surface area (Å²) in [6.07, 6.45) is 7.44. The Morgan fingerprint density at radius 1 is 0.381 bits per heavy atom. The van der Waals surface area contributed by atoms with E-state index in [0.29, 0.717) is 0 Å². The third-order valence-electron chi connectivity index (χ3n) is 8.00. The molecule has 0 atom stereocenters. The largest absolute Gasteiger partial charge is 0.264 e. The highest BCUT2D eigenvalue weighted by atomic mass is 14.7. The molecule has 0 aliphatic heterocycles. The second kappa shape index (κ2) is 10.1. The van der Waals surface area contributed by atoms with Crippen LogP contribution in [-0.4, -0.2) is 15.0 Å². The normalized spacial score (nSPS) is 11.3. The molecule has 196 valence electrons. The third-order valence-corrected chi connectivity index (χ3v) is 8.00. The summed E-state index contributed by atoms with van der Waals surface area (Å²) in [6, 6.07) is 45.1. The van der Waals surface area contributed by atoms with Crippen LogP contribution in [0.25, 0.3) is 77.1 Å². The molecule has 0 spiro atoms. The molecule has 0 fully saturated rings. The van der Waals surface area contributed by atoms with Crippen LogP contribution in [0, 0.1) is 0 Å². The Balaban J connectivity index is 1.28. The Morgan fingerprint density at radius 2 is 0.976 bits per heavy atom. The summed E-state index contributed by atoms with van der Waals surface area (Å²) in [5.41, 5.74) is 9.80. The summed E-state index contributed by atoms with van der Waals surface area (Å²) >= 11 is 0. The lowest BCUT2D eigenvalue weighted by Gasteiger charge is -2.14. The van der Waals surface area contributed by atoms with E-state index in [4.69, 9.17) is 4.98 Å². The smallest absolute Gasteiger partial charge is 0.0788 e. The van der Waals surface area contributed by atoms with E-state index in [2.05, 4.69) is 125 Å². The molecule has 8 aromatic rings. The van der Waals surface area contributed by atoms with E-state index in [1.54, 1.807) is 12.4 Å². The maximum Gasteiger partial charge on any atom is 0.0788 e. The third kappa shape index (κ3) is 4.20. The molecule has 0 unspecified atom stereocenters. The van der Waals surface area contributed by atoms with Crippen molar-refractivity contribution in [3.63, 3.8) is 0 Å². The summed E-state index contributed by atoms with van der Waals surface area (Å²) in [6.45, 7) is 0. The highest BCUT2D eigenvalue weighted by Crippen LogP contribution is 2.38. The molecule has 3 aromatic heterocycles. The van der Waals surface area contributed by atoms with Crippen molar-refractivity contribution in [2.45, 2.75) is 0 Å². The van der Waals surface area contributed by atoms with Gasteiger partial charge in [0.05, 0.1) is 11.2 Å². The number of rotatable bonds is 4. The minimum Gasteiger partial charge on any atom is -0.264 e. The Bertz CT molecular complexity index is 2150. The lowest BCUT2D eigenvalue weighted by molar-refractivity contribution is 1.32. The summed E-state index contributed by atoms with van der Waals surface area (Å²) in [4.78, 5) is 13.9. The van der Waals surface area contributed by atoms with Crippen molar-refractivity contribution < 1.29 is 0 Å². The second-order valence-corrected chi connectivity index (χ2v) is 10.5. The standard InChI is InChI=1S/C39H25N3/c1-2-10-34-27(7-1)17-18-36-38(34)35-11-3-4-12-37(35)42-39(36)28-15-13-26(14-16-28)31-21-32(29-8-5-19-40-24-29)23-33(22-31)30-9-6-20-41-25-30/h1-25H. The fraction of sp³-hybridized carbons (Fsp3) is 0. The predicted molar refractivity (Wildman–Crippen MR) is 174 cm³/mol. The van der Waals surface area contributed by atoms with Gasteiger partial charge in [-0.1, -0.05) is 91.0 Å². The van der Waals surface area contributed by atoms with Gasteiger partial charge in [-0.2, -0.15) is 0 Å². The first-order valence-electron chi connectivity index (χ1n) is 14.1. The van der Waals surface area contributed by atoms with Crippen LogP contribution in [0.4, 0.5) is 0 Å². The van der Waals surface area contributed by atoms with Crippen LogP contribution in [0.2, 0.25) is 0 Å². The van der Waals surface area contributed by atoms with Crippen LogP contribution in [-0.2, 0) is 0 Å². The van der Waals surface area contributed by atoms with E-state index in [1.165, 1.54) is 21.5 Å². The number of nitrogens with zero attached hydrogens (tertiary/aromatic N) is 3. The Morgan fingerprint density at radius 3 is 1.64 bits per heavy atom. The monoisotopic (exact) mass is 535 g/mol. The van der Waals surface area contributed by atoms with Crippen molar-refractivity contribution in [2.75, 3.05) is 0 Å². The molecule has 0 aliphatic carbocycles. The maximum atomic E-state index is 5.18. The molecule has 0 N–H and O–H groups in total. The molecular weight excluding hydrogens is 510 g/mol. The number of hydrogen-bond acceptors (Lipinski definition) is 3. The quantitative estimate of drug-likeness (QED) is 0.211. The van der Waals surface area contributed by atoms with Crippen molar-refractivity contribution >= 4 is 32.4 Å². The zero-order valence-electron chi connectivity index (χ0n) is 22.8. The van der Waals surface area contributed by atoms with Gasteiger partial charge in [-0.05, 0) is 69.4 Å².